The maximum Gasteiger partial charge on any atom is 0.264 e. The first-order chi connectivity index (χ1) is 24.0. The molecule has 5 atom stereocenters. The van der Waals surface area contributed by atoms with E-state index < -0.39 is 37.6 Å². The van der Waals surface area contributed by atoms with Crippen LogP contribution in [0, 0.1) is 5.92 Å². The number of halogens is 1. The monoisotopic (exact) mass is 689 g/mol. The molecule has 4 aliphatic heterocycles. The molecule has 0 unspecified atom stereocenters. The van der Waals surface area contributed by atoms with Gasteiger partial charge in [0.15, 0.2) is 5.60 Å². The van der Waals surface area contributed by atoms with E-state index in [2.05, 4.69) is 6.58 Å². The number of anilines is 3. The summed E-state index contributed by atoms with van der Waals surface area (Å²) in [5.41, 5.74) is 2.95. The molecule has 1 fully saturated rings. The molecule has 10 heteroatoms. The normalized spacial score (nSPS) is 25.5. The van der Waals surface area contributed by atoms with Crippen molar-refractivity contribution in [2.75, 3.05) is 23.0 Å². The number of benzene rings is 4. The van der Waals surface area contributed by atoms with Crippen molar-refractivity contribution in [2.45, 2.75) is 62.7 Å². The van der Waals surface area contributed by atoms with Crippen LogP contribution in [0.3, 0.4) is 0 Å². The fraction of sp³-hybridized carbons (Fsp3) is 0.325. The van der Waals surface area contributed by atoms with Crippen molar-refractivity contribution in [1.82, 2.24) is 4.90 Å². The Morgan fingerprint density at radius 2 is 1.78 bits per heavy atom. The van der Waals surface area contributed by atoms with Crippen LogP contribution in [0.4, 0.5) is 21.2 Å². The fourth-order valence-electron chi connectivity index (χ4n) is 9.19. The highest BCUT2D eigenvalue weighted by atomic mass is 28.4. The Labute approximate surface area is 291 Å². The molecule has 3 amide bonds. The van der Waals surface area contributed by atoms with Crippen LogP contribution in [0.5, 0.6) is 0 Å². The molecule has 0 aliphatic carbocycles. The van der Waals surface area contributed by atoms with E-state index in [1.165, 1.54) is 0 Å². The quantitative estimate of drug-likeness (QED) is 0.131. The Bertz CT molecular complexity index is 2090. The van der Waals surface area contributed by atoms with Crippen LogP contribution in [0.1, 0.15) is 40.4 Å². The van der Waals surface area contributed by atoms with Crippen molar-refractivity contribution in [2.24, 2.45) is 5.92 Å². The van der Waals surface area contributed by atoms with Crippen molar-refractivity contribution >= 4 is 54.0 Å². The van der Waals surface area contributed by atoms with Gasteiger partial charge in [-0.1, -0.05) is 61.5 Å². The van der Waals surface area contributed by atoms with Crippen LogP contribution in [0.2, 0.25) is 18.6 Å². The molecule has 1 saturated heterocycles. The van der Waals surface area contributed by atoms with Gasteiger partial charge in [-0.3, -0.25) is 19.3 Å². The van der Waals surface area contributed by atoms with Gasteiger partial charge in [-0.25, -0.2) is 0 Å². The summed E-state index contributed by atoms with van der Waals surface area (Å²) in [6.07, 6.45) is 1.16. The first-order valence-corrected chi connectivity index (χ1v) is 20.2. The second kappa shape index (κ2) is 11.7. The van der Waals surface area contributed by atoms with E-state index in [-0.39, 0.29) is 37.3 Å². The molecule has 256 valence electrons. The molecule has 0 radical (unpaired) electrons. The van der Waals surface area contributed by atoms with Gasteiger partial charge in [0.2, 0.25) is 14.3 Å². The maximum absolute atomic E-state index is 16.6. The summed E-state index contributed by atoms with van der Waals surface area (Å²) in [6, 6.07) is 24.5. The highest BCUT2D eigenvalue weighted by molar-refractivity contribution is 6.72. The second-order valence-corrected chi connectivity index (χ2v) is 18.3. The SMILES string of the molecule is C=CCN1C(=O)[C@]2(O[C@H](CC(=O)N3Cc4ccccc4C[C@H]3CO)[C@@H]([Si](C)(C)F)[C@@H]2C)c2cc(N3C(=O)c4cccc5cccc3c45)ccc21. The number of hydrogen-bond acceptors (Lipinski definition) is 5. The van der Waals surface area contributed by atoms with Crippen molar-refractivity contribution in [3.8, 4) is 0 Å². The molecule has 50 heavy (non-hydrogen) atoms. The maximum atomic E-state index is 16.6. The van der Waals surface area contributed by atoms with E-state index in [9.17, 15) is 19.5 Å². The minimum absolute atomic E-state index is 0.124. The Morgan fingerprint density at radius 3 is 2.50 bits per heavy atom. The summed E-state index contributed by atoms with van der Waals surface area (Å²) in [4.78, 5) is 47.7. The average Bonchev–Trinajstić information content (AvgIpc) is 3.65. The number of nitrogens with zero attached hydrogens (tertiary/aromatic N) is 3. The number of carbonyl (C=O) groups excluding carboxylic acids is 3. The molecule has 1 N–H and O–H groups in total. The lowest BCUT2D eigenvalue weighted by Gasteiger charge is -2.37. The van der Waals surface area contributed by atoms with Crippen LogP contribution in [0.25, 0.3) is 10.8 Å². The van der Waals surface area contributed by atoms with Gasteiger partial charge in [0.25, 0.3) is 11.8 Å². The molecule has 1 spiro atoms. The third-order valence-corrected chi connectivity index (χ3v) is 13.8. The van der Waals surface area contributed by atoms with Gasteiger partial charge in [-0.2, -0.15) is 0 Å². The molecular formula is C40H40FN3O5Si. The minimum atomic E-state index is -3.56. The van der Waals surface area contributed by atoms with Gasteiger partial charge in [-0.15, -0.1) is 6.58 Å². The predicted octanol–water partition coefficient (Wildman–Crippen LogP) is 6.78. The fourth-order valence-corrected chi connectivity index (χ4v) is 11.7. The number of carbonyl (C=O) groups is 3. The standard InChI is InChI=1S/C40H40FN3O5Si/c1-5-18-42-32-17-16-28(44-33-15-9-13-25-12-8-14-30(36(25)33)38(44)47)20-31(32)40(39(42)48)24(2)37(50(3,4)41)34(49-40)21-35(46)43-22-27-11-7-6-10-26(27)19-29(43)23-45/h5-17,20,24,29,34,37,45H,1,18-19,21-23H2,2-4H3/t24-,29-,34+,37-,40+/m0/s1. The highest BCUT2D eigenvalue weighted by Crippen LogP contribution is 2.61. The molecule has 0 saturated carbocycles. The number of ether oxygens (including phenoxy) is 1. The number of hydrogen-bond donors (Lipinski definition) is 1. The molecule has 4 heterocycles. The van der Waals surface area contributed by atoms with E-state index in [0.29, 0.717) is 35.5 Å². The van der Waals surface area contributed by atoms with Gasteiger partial charge in [-0.05, 0) is 66.4 Å². The highest BCUT2D eigenvalue weighted by Gasteiger charge is 2.67. The number of aliphatic hydroxyl groups is 1. The summed E-state index contributed by atoms with van der Waals surface area (Å²) >= 11 is 0. The number of amides is 3. The van der Waals surface area contributed by atoms with Gasteiger partial charge in [0, 0.05) is 41.2 Å². The number of fused-ring (bicyclic) bond motifs is 3. The summed E-state index contributed by atoms with van der Waals surface area (Å²) in [5.74, 6) is -1.35. The molecule has 0 bridgehead atoms. The minimum Gasteiger partial charge on any atom is -0.394 e. The predicted molar refractivity (Wildman–Crippen MR) is 194 cm³/mol. The lowest BCUT2D eigenvalue weighted by Crippen LogP contribution is -2.48. The van der Waals surface area contributed by atoms with E-state index in [1.54, 1.807) is 33.9 Å². The van der Waals surface area contributed by atoms with E-state index >= 15 is 4.11 Å². The summed E-state index contributed by atoms with van der Waals surface area (Å²) < 4.78 is 23.5. The van der Waals surface area contributed by atoms with Crippen molar-refractivity contribution in [3.05, 3.63) is 114 Å². The van der Waals surface area contributed by atoms with Gasteiger partial charge in [0.05, 0.1) is 42.1 Å². The zero-order valence-corrected chi connectivity index (χ0v) is 29.4. The summed E-state index contributed by atoms with van der Waals surface area (Å²) in [7, 11) is -3.56. The molecule has 8 rings (SSSR count). The molecule has 4 aromatic carbocycles. The molecular weight excluding hydrogens is 650 g/mol. The van der Waals surface area contributed by atoms with Gasteiger partial charge >= 0.3 is 0 Å². The second-order valence-electron chi connectivity index (χ2n) is 14.5. The van der Waals surface area contributed by atoms with Crippen molar-refractivity contribution < 1.29 is 28.3 Å². The molecule has 4 aromatic rings. The molecule has 4 aliphatic rings. The van der Waals surface area contributed by atoms with Crippen molar-refractivity contribution in [3.63, 3.8) is 0 Å². The topological polar surface area (TPSA) is 90.4 Å². The zero-order chi connectivity index (χ0) is 35.1. The largest absolute Gasteiger partial charge is 0.394 e. The molecule has 0 aromatic heterocycles. The first-order valence-electron chi connectivity index (χ1n) is 17.3. The van der Waals surface area contributed by atoms with Crippen LogP contribution in [-0.4, -0.2) is 61.4 Å². The van der Waals surface area contributed by atoms with Gasteiger partial charge < -0.3 is 23.8 Å². The average molecular weight is 690 g/mol. The number of aliphatic hydroxyl groups excluding tert-OH is 1. The van der Waals surface area contributed by atoms with Crippen LogP contribution in [0.15, 0.2) is 91.5 Å². The Hall–Kier alpha value is -4.64. The zero-order valence-electron chi connectivity index (χ0n) is 28.4. The third kappa shape index (κ3) is 4.65. The van der Waals surface area contributed by atoms with Crippen LogP contribution < -0.4 is 9.80 Å². The molecule has 8 nitrogen and oxygen atoms in total. The van der Waals surface area contributed by atoms with Crippen LogP contribution in [-0.2, 0) is 32.9 Å². The van der Waals surface area contributed by atoms with E-state index in [1.807, 2.05) is 85.8 Å². The Kier molecular flexibility index (Phi) is 7.63. The summed E-state index contributed by atoms with van der Waals surface area (Å²) in [6.45, 7) is 9.32. The van der Waals surface area contributed by atoms with E-state index in [0.717, 1.165) is 27.6 Å². The summed E-state index contributed by atoms with van der Waals surface area (Å²) in [5, 5.41) is 12.1. The van der Waals surface area contributed by atoms with Gasteiger partial charge in [0.1, 0.15) is 0 Å². The third-order valence-electron chi connectivity index (χ3n) is 11.3. The Morgan fingerprint density at radius 1 is 1.04 bits per heavy atom. The lowest BCUT2D eigenvalue weighted by atomic mass is 9.82. The first kappa shape index (κ1) is 32.6. The van der Waals surface area contributed by atoms with E-state index in [4.69, 9.17) is 4.74 Å². The lowest BCUT2D eigenvalue weighted by molar-refractivity contribution is -0.150. The smallest absolute Gasteiger partial charge is 0.264 e. The van der Waals surface area contributed by atoms with Crippen LogP contribution >= 0.6 is 0 Å². The Balaban J connectivity index is 1.20. The van der Waals surface area contributed by atoms with Crippen molar-refractivity contribution in [1.29, 1.82) is 0 Å². The number of rotatable bonds is 7.